The normalized spacial score (nSPS) is 18.4. The molecule has 1 aromatic rings. The van der Waals surface area contributed by atoms with Gasteiger partial charge in [-0.1, -0.05) is 49.1 Å². The predicted molar refractivity (Wildman–Crippen MR) is 80.5 cm³/mol. The van der Waals surface area contributed by atoms with Crippen molar-refractivity contribution in [2.24, 2.45) is 0 Å². The molecule has 0 aromatic heterocycles. The van der Waals surface area contributed by atoms with Gasteiger partial charge in [0.05, 0.1) is 16.9 Å². The Hall–Kier alpha value is -1.73. The van der Waals surface area contributed by atoms with Crippen molar-refractivity contribution in [2.45, 2.75) is 19.4 Å². The zero-order valence-corrected chi connectivity index (χ0v) is 12.7. The van der Waals surface area contributed by atoms with E-state index >= 15 is 0 Å². The van der Waals surface area contributed by atoms with Gasteiger partial charge < -0.3 is 9.90 Å². The molecule has 1 aromatic carbocycles. The van der Waals surface area contributed by atoms with E-state index in [2.05, 4.69) is 0 Å². The lowest BCUT2D eigenvalue weighted by Crippen LogP contribution is -2.49. The monoisotopic (exact) mass is 324 g/mol. The zero-order chi connectivity index (χ0) is 15.6. The van der Waals surface area contributed by atoms with Crippen LogP contribution in [0, 0.1) is 5.82 Å². The van der Waals surface area contributed by atoms with Crippen LogP contribution in [0.15, 0.2) is 29.2 Å². The van der Waals surface area contributed by atoms with E-state index in [4.69, 9.17) is 12.2 Å². The van der Waals surface area contributed by atoms with E-state index in [0.717, 1.165) is 16.7 Å². The highest BCUT2D eigenvalue weighted by Gasteiger charge is 2.37. The summed E-state index contributed by atoms with van der Waals surface area (Å²) >= 11 is 6.01. The van der Waals surface area contributed by atoms with Crippen molar-refractivity contribution in [2.75, 3.05) is 0 Å². The van der Waals surface area contributed by atoms with Crippen LogP contribution in [-0.2, 0) is 9.59 Å². The maximum atomic E-state index is 13.6. The Morgan fingerprint density at radius 1 is 1.52 bits per heavy atom. The third-order valence-corrected chi connectivity index (χ3v) is 4.32. The summed E-state index contributed by atoms with van der Waals surface area (Å²) in [7, 11) is 0. The number of carbonyl (C=O) groups excluding carboxylic acids is 2. The summed E-state index contributed by atoms with van der Waals surface area (Å²) in [6, 6.07) is 4.89. The molecule has 1 heterocycles. The second kappa shape index (κ2) is 6.36. The number of aliphatic carboxylic acids is 1. The summed E-state index contributed by atoms with van der Waals surface area (Å²) in [4.78, 5) is 24.6. The molecule has 0 bridgehead atoms. The van der Waals surface area contributed by atoms with E-state index in [1.165, 1.54) is 18.2 Å². The lowest BCUT2D eigenvalue weighted by Gasteiger charge is -2.26. The molecule has 1 amide bonds. The van der Waals surface area contributed by atoms with Crippen molar-refractivity contribution in [1.82, 2.24) is 4.90 Å². The van der Waals surface area contributed by atoms with Gasteiger partial charge in [-0.2, -0.15) is 0 Å². The summed E-state index contributed by atoms with van der Waals surface area (Å²) in [5.41, 5.74) is 0.250. The molecule has 0 aliphatic carbocycles. The highest BCUT2D eigenvalue weighted by atomic mass is 32.2. The molecule has 0 N–H and O–H groups in total. The molecule has 1 aliphatic heterocycles. The molecular formula is C14H11FNO3S2-. The van der Waals surface area contributed by atoms with E-state index in [0.29, 0.717) is 0 Å². The van der Waals surface area contributed by atoms with Gasteiger partial charge in [0.2, 0.25) is 0 Å². The first kappa shape index (κ1) is 15.7. The van der Waals surface area contributed by atoms with Gasteiger partial charge in [0, 0.05) is 5.56 Å². The van der Waals surface area contributed by atoms with Gasteiger partial charge >= 0.3 is 0 Å². The summed E-state index contributed by atoms with van der Waals surface area (Å²) in [5, 5.41) is 11.1. The quantitative estimate of drug-likeness (QED) is 0.621. The number of carboxylic acids is 1. The standard InChI is InChI=1S/C14H12FNO3S2/c1-2-10(13(18)19)16-12(17)11(21-14(16)20)7-8-5-3-4-6-9(8)15/h3-7,10H,2H2,1H3,(H,18,19)/p-1/b11-7-/t10-/m1/s1. The van der Waals surface area contributed by atoms with E-state index in [1.807, 2.05) is 0 Å². The van der Waals surface area contributed by atoms with Gasteiger partial charge in [-0.25, -0.2) is 4.39 Å². The molecule has 0 saturated carbocycles. The summed E-state index contributed by atoms with van der Waals surface area (Å²) in [6.45, 7) is 1.62. The van der Waals surface area contributed by atoms with E-state index in [9.17, 15) is 19.1 Å². The molecular weight excluding hydrogens is 313 g/mol. The number of hydrogen-bond acceptors (Lipinski definition) is 5. The second-order valence-electron chi connectivity index (χ2n) is 4.32. The second-order valence-corrected chi connectivity index (χ2v) is 5.99. The average Bonchev–Trinajstić information content (AvgIpc) is 2.70. The Labute approximate surface area is 130 Å². The van der Waals surface area contributed by atoms with E-state index in [-0.39, 0.29) is 21.2 Å². The third-order valence-electron chi connectivity index (χ3n) is 2.99. The van der Waals surface area contributed by atoms with Gasteiger partial charge in [0.1, 0.15) is 10.1 Å². The zero-order valence-electron chi connectivity index (χ0n) is 11.0. The first-order chi connectivity index (χ1) is 9.95. The first-order valence-electron chi connectivity index (χ1n) is 6.18. The molecule has 1 saturated heterocycles. The van der Waals surface area contributed by atoms with Crippen molar-refractivity contribution in [3.63, 3.8) is 0 Å². The van der Waals surface area contributed by atoms with Gasteiger partial charge in [0.15, 0.2) is 0 Å². The summed E-state index contributed by atoms with van der Waals surface area (Å²) < 4.78 is 13.7. The van der Waals surface area contributed by atoms with Gasteiger partial charge in [-0.3, -0.25) is 9.69 Å². The van der Waals surface area contributed by atoms with Crippen molar-refractivity contribution in [3.8, 4) is 0 Å². The molecule has 110 valence electrons. The topological polar surface area (TPSA) is 60.4 Å². The molecule has 0 unspecified atom stereocenters. The third kappa shape index (κ3) is 3.14. The molecule has 1 aliphatic rings. The highest BCUT2D eigenvalue weighted by molar-refractivity contribution is 8.26. The van der Waals surface area contributed by atoms with Gasteiger partial charge in [0.25, 0.3) is 5.91 Å². The summed E-state index contributed by atoms with van der Waals surface area (Å²) in [5.74, 6) is -2.36. The molecule has 7 heteroatoms. The van der Waals surface area contributed by atoms with Crippen LogP contribution in [0.25, 0.3) is 6.08 Å². The maximum absolute atomic E-state index is 13.6. The minimum absolute atomic E-state index is 0.138. The van der Waals surface area contributed by atoms with Crippen LogP contribution >= 0.6 is 24.0 Å². The Morgan fingerprint density at radius 3 is 2.76 bits per heavy atom. The fraction of sp³-hybridized carbons (Fsp3) is 0.214. The number of halogens is 1. The number of thiocarbonyl (C=S) groups is 1. The van der Waals surface area contributed by atoms with Crippen molar-refractivity contribution >= 4 is 46.3 Å². The van der Waals surface area contributed by atoms with Crippen LogP contribution in [0.1, 0.15) is 18.9 Å². The molecule has 0 spiro atoms. The lowest BCUT2D eigenvalue weighted by molar-refractivity contribution is -0.310. The molecule has 1 fully saturated rings. The molecule has 4 nitrogen and oxygen atoms in total. The number of carboxylic acid groups (broad SMARTS) is 1. The van der Waals surface area contributed by atoms with Crippen LogP contribution in [0.4, 0.5) is 4.39 Å². The highest BCUT2D eigenvalue weighted by Crippen LogP contribution is 2.34. The molecule has 1 atom stereocenters. The van der Waals surface area contributed by atoms with E-state index in [1.54, 1.807) is 19.1 Å². The largest absolute Gasteiger partial charge is 0.548 e. The maximum Gasteiger partial charge on any atom is 0.266 e. The number of nitrogens with zero attached hydrogens (tertiary/aromatic N) is 1. The SMILES string of the molecule is CC[C@H](C(=O)[O-])N1C(=O)/C(=C/c2ccccc2F)SC1=S. The fourth-order valence-electron chi connectivity index (χ4n) is 1.94. The number of hydrogen-bond donors (Lipinski definition) is 0. The van der Waals surface area contributed by atoms with Crippen LogP contribution in [-0.4, -0.2) is 27.1 Å². The van der Waals surface area contributed by atoms with Gasteiger partial charge in [-0.05, 0) is 18.6 Å². The number of benzene rings is 1. The van der Waals surface area contributed by atoms with E-state index < -0.39 is 23.7 Å². The lowest BCUT2D eigenvalue weighted by atomic mass is 10.1. The minimum Gasteiger partial charge on any atom is -0.548 e. The molecule has 0 radical (unpaired) electrons. The number of carbonyl (C=O) groups is 2. The number of amides is 1. The van der Waals surface area contributed by atoms with Crippen LogP contribution in [0.5, 0.6) is 0 Å². The number of thioether (sulfide) groups is 1. The Bertz CT molecular complexity index is 645. The average molecular weight is 324 g/mol. The van der Waals surface area contributed by atoms with Crippen LogP contribution in [0.3, 0.4) is 0 Å². The van der Waals surface area contributed by atoms with Crippen molar-refractivity contribution in [1.29, 1.82) is 0 Å². The number of rotatable bonds is 4. The fourth-order valence-corrected chi connectivity index (χ4v) is 3.28. The Balaban J connectivity index is 2.34. The minimum atomic E-state index is -1.36. The first-order valence-corrected chi connectivity index (χ1v) is 7.40. The molecule has 21 heavy (non-hydrogen) atoms. The summed E-state index contributed by atoms with van der Waals surface area (Å²) in [6.07, 6.45) is 1.55. The Morgan fingerprint density at radius 2 is 2.19 bits per heavy atom. The van der Waals surface area contributed by atoms with Crippen molar-refractivity contribution in [3.05, 3.63) is 40.6 Å². The molecule has 2 rings (SSSR count). The van der Waals surface area contributed by atoms with Crippen LogP contribution < -0.4 is 5.11 Å². The Kier molecular flexibility index (Phi) is 4.74. The predicted octanol–water partition coefficient (Wildman–Crippen LogP) is 1.56. The van der Waals surface area contributed by atoms with Gasteiger partial charge in [-0.15, -0.1) is 0 Å². The van der Waals surface area contributed by atoms with Crippen LogP contribution in [0.2, 0.25) is 0 Å². The van der Waals surface area contributed by atoms with Crippen molar-refractivity contribution < 1.29 is 19.1 Å². The smallest absolute Gasteiger partial charge is 0.266 e.